The molecular weight excluding hydrogens is 395 g/mol. The van der Waals surface area contributed by atoms with Crippen molar-refractivity contribution in [3.8, 4) is 16.8 Å². The molecule has 0 spiro atoms. The third kappa shape index (κ3) is 3.59. The Morgan fingerprint density at radius 1 is 1.11 bits per heavy atom. The zero-order valence-electron chi connectivity index (χ0n) is 14.9. The molecule has 0 bridgehead atoms. The van der Waals surface area contributed by atoms with E-state index in [1.807, 2.05) is 58.7 Å². The van der Waals surface area contributed by atoms with Gasteiger partial charge in [-0.2, -0.15) is 0 Å². The van der Waals surface area contributed by atoms with Crippen molar-refractivity contribution in [2.75, 3.05) is 5.32 Å². The third-order valence-corrected chi connectivity index (χ3v) is 5.65. The Kier molecular flexibility index (Phi) is 5.03. The highest BCUT2D eigenvalue weighted by molar-refractivity contribution is 7.13. The van der Waals surface area contributed by atoms with E-state index in [4.69, 9.17) is 11.6 Å². The Bertz CT molecular complexity index is 1130. The topological polar surface area (TPSA) is 34.0 Å². The van der Waals surface area contributed by atoms with Crippen molar-refractivity contribution >= 4 is 34.5 Å². The lowest BCUT2D eigenvalue weighted by atomic mass is 10.1. The molecule has 28 heavy (non-hydrogen) atoms. The monoisotopic (exact) mass is 410 g/mol. The number of anilines is 1. The van der Waals surface area contributed by atoms with Crippen LogP contribution in [0.25, 0.3) is 16.8 Å². The van der Waals surface area contributed by atoms with Gasteiger partial charge >= 0.3 is 0 Å². The molecule has 3 nitrogen and oxygen atoms in total. The van der Waals surface area contributed by atoms with Crippen LogP contribution < -0.4 is 5.32 Å². The second-order valence-electron chi connectivity index (χ2n) is 6.34. The van der Waals surface area contributed by atoms with Crippen LogP contribution in [0.1, 0.15) is 15.2 Å². The molecule has 0 atom stereocenters. The number of benzene rings is 2. The first-order valence-corrected chi connectivity index (χ1v) is 9.87. The van der Waals surface area contributed by atoms with Crippen LogP contribution in [-0.2, 0) is 0 Å². The first kappa shape index (κ1) is 18.5. The van der Waals surface area contributed by atoms with Crippen LogP contribution in [0.3, 0.4) is 0 Å². The van der Waals surface area contributed by atoms with Gasteiger partial charge in [-0.1, -0.05) is 23.7 Å². The highest BCUT2D eigenvalue weighted by Crippen LogP contribution is 2.36. The van der Waals surface area contributed by atoms with Gasteiger partial charge in [-0.25, -0.2) is 4.39 Å². The van der Waals surface area contributed by atoms with Crippen molar-refractivity contribution in [1.82, 2.24) is 4.57 Å². The first-order valence-electron chi connectivity index (χ1n) is 8.61. The number of rotatable bonds is 4. The van der Waals surface area contributed by atoms with Gasteiger partial charge in [-0.05, 0) is 60.5 Å². The summed E-state index contributed by atoms with van der Waals surface area (Å²) < 4.78 is 15.3. The highest BCUT2D eigenvalue weighted by Gasteiger charge is 2.21. The first-order chi connectivity index (χ1) is 13.5. The minimum Gasteiger partial charge on any atom is -0.322 e. The van der Waals surface area contributed by atoms with E-state index in [-0.39, 0.29) is 11.7 Å². The molecule has 0 aliphatic carbocycles. The molecule has 4 rings (SSSR count). The number of aromatic nitrogens is 1. The van der Waals surface area contributed by atoms with E-state index < -0.39 is 0 Å². The smallest absolute Gasteiger partial charge is 0.267 e. The quantitative estimate of drug-likeness (QED) is 0.406. The van der Waals surface area contributed by atoms with E-state index in [0.717, 1.165) is 16.8 Å². The van der Waals surface area contributed by atoms with Gasteiger partial charge in [0.15, 0.2) is 0 Å². The van der Waals surface area contributed by atoms with Crippen LogP contribution in [0, 0.1) is 12.7 Å². The molecule has 0 radical (unpaired) electrons. The SMILES string of the molecule is Cc1cc(F)ccc1NC(=O)c1scc(-c2ccc(Cl)cc2)c1-n1cccc1. The summed E-state index contributed by atoms with van der Waals surface area (Å²) in [6.45, 7) is 1.76. The lowest BCUT2D eigenvalue weighted by molar-refractivity contribution is 0.103. The van der Waals surface area contributed by atoms with Crippen LogP contribution in [0.15, 0.2) is 72.4 Å². The molecule has 2 heterocycles. The molecule has 0 fully saturated rings. The highest BCUT2D eigenvalue weighted by atomic mass is 35.5. The van der Waals surface area contributed by atoms with Crippen LogP contribution in [-0.4, -0.2) is 10.5 Å². The summed E-state index contributed by atoms with van der Waals surface area (Å²) in [5, 5.41) is 5.52. The van der Waals surface area contributed by atoms with Crippen LogP contribution in [0.2, 0.25) is 5.02 Å². The van der Waals surface area contributed by atoms with Gasteiger partial charge in [0.25, 0.3) is 5.91 Å². The average Bonchev–Trinajstić information content (AvgIpc) is 3.33. The number of nitrogens with zero attached hydrogens (tertiary/aromatic N) is 1. The standard InChI is InChI=1S/C22H16ClFN2OS/c1-14-12-17(24)8-9-19(14)25-22(27)21-20(26-10-2-3-11-26)18(13-28-21)15-4-6-16(23)7-5-15/h2-13H,1H3,(H,25,27). The fourth-order valence-corrected chi connectivity index (χ4v) is 4.13. The van der Waals surface area contributed by atoms with Gasteiger partial charge < -0.3 is 9.88 Å². The third-order valence-electron chi connectivity index (χ3n) is 4.43. The summed E-state index contributed by atoms with van der Waals surface area (Å²) in [6.07, 6.45) is 3.81. The van der Waals surface area contributed by atoms with Gasteiger partial charge in [0.1, 0.15) is 10.7 Å². The summed E-state index contributed by atoms with van der Waals surface area (Å²) in [6, 6.07) is 15.7. The Labute approximate surface area is 171 Å². The second-order valence-corrected chi connectivity index (χ2v) is 7.65. The fourth-order valence-electron chi connectivity index (χ4n) is 3.03. The number of thiophene rings is 1. The number of amides is 1. The summed E-state index contributed by atoms with van der Waals surface area (Å²) >= 11 is 7.39. The lowest BCUT2D eigenvalue weighted by Crippen LogP contribution is -2.13. The minimum absolute atomic E-state index is 0.233. The average molecular weight is 411 g/mol. The molecular formula is C22H16ClFN2OS. The van der Waals surface area contributed by atoms with Crippen molar-refractivity contribution < 1.29 is 9.18 Å². The zero-order valence-corrected chi connectivity index (χ0v) is 16.5. The van der Waals surface area contributed by atoms with Crippen LogP contribution in [0.4, 0.5) is 10.1 Å². The molecule has 0 saturated heterocycles. The van der Waals surface area contributed by atoms with Crippen molar-refractivity contribution in [2.45, 2.75) is 6.92 Å². The zero-order chi connectivity index (χ0) is 19.7. The number of aryl methyl sites for hydroxylation is 1. The molecule has 2 aromatic carbocycles. The summed E-state index contributed by atoms with van der Waals surface area (Å²) in [7, 11) is 0. The van der Waals surface area contributed by atoms with Crippen LogP contribution in [0.5, 0.6) is 0 Å². The predicted octanol–water partition coefficient (Wildman–Crippen LogP) is 6.56. The van der Waals surface area contributed by atoms with Crippen molar-refractivity contribution in [3.05, 3.63) is 93.7 Å². The van der Waals surface area contributed by atoms with Crippen LogP contribution >= 0.6 is 22.9 Å². The largest absolute Gasteiger partial charge is 0.322 e. The van der Waals surface area contributed by atoms with Gasteiger partial charge in [-0.15, -0.1) is 11.3 Å². The van der Waals surface area contributed by atoms with Gasteiger partial charge in [-0.3, -0.25) is 4.79 Å². The van der Waals surface area contributed by atoms with E-state index in [1.54, 1.807) is 13.0 Å². The van der Waals surface area contributed by atoms with E-state index in [2.05, 4.69) is 5.32 Å². The minimum atomic E-state index is -0.329. The van der Waals surface area contributed by atoms with E-state index >= 15 is 0 Å². The van der Waals surface area contributed by atoms with Gasteiger partial charge in [0, 0.05) is 34.0 Å². The van der Waals surface area contributed by atoms with E-state index in [9.17, 15) is 9.18 Å². The van der Waals surface area contributed by atoms with Gasteiger partial charge in [0.2, 0.25) is 0 Å². The van der Waals surface area contributed by atoms with Gasteiger partial charge in [0.05, 0.1) is 5.69 Å². The molecule has 6 heteroatoms. The van der Waals surface area contributed by atoms with Crippen molar-refractivity contribution in [2.24, 2.45) is 0 Å². The number of hydrogen-bond acceptors (Lipinski definition) is 2. The molecule has 0 aliphatic heterocycles. The Morgan fingerprint density at radius 2 is 1.82 bits per heavy atom. The Balaban J connectivity index is 1.76. The Hall–Kier alpha value is -2.89. The maximum atomic E-state index is 13.4. The second kappa shape index (κ2) is 7.62. The van der Waals surface area contributed by atoms with Crippen molar-refractivity contribution in [3.63, 3.8) is 0 Å². The predicted molar refractivity (Wildman–Crippen MR) is 113 cm³/mol. The molecule has 1 N–H and O–H groups in total. The van der Waals surface area contributed by atoms with E-state index in [0.29, 0.717) is 21.2 Å². The molecule has 1 amide bonds. The Morgan fingerprint density at radius 3 is 2.50 bits per heavy atom. The summed E-state index contributed by atoms with van der Waals surface area (Å²) in [5.74, 6) is -0.562. The number of carbonyl (C=O) groups excluding carboxylic acids is 1. The van der Waals surface area contributed by atoms with Crippen molar-refractivity contribution in [1.29, 1.82) is 0 Å². The maximum absolute atomic E-state index is 13.4. The molecule has 140 valence electrons. The molecule has 0 aliphatic rings. The molecule has 0 saturated carbocycles. The normalized spacial score (nSPS) is 10.8. The molecule has 0 unspecified atom stereocenters. The number of carbonyl (C=O) groups is 1. The molecule has 2 aromatic heterocycles. The fraction of sp³-hybridized carbons (Fsp3) is 0.0455. The number of nitrogens with one attached hydrogen (secondary N) is 1. The molecule has 4 aromatic rings. The maximum Gasteiger partial charge on any atom is 0.267 e. The lowest BCUT2D eigenvalue weighted by Gasteiger charge is -2.11. The number of hydrogen-bond donors (Lipinski definition) is 1. The summed E-state index contributed by atoms with van der Waals surface area (Å²) in [4.78, 5) is 13.6. The van der Waals surface area contributed by atoms with E-state index in [1.165, 1.54) is 23.5 Å². The summed E-state index contributed by atoms with van der Waals surface area (Å²) in [5.41, 5.74) is 3.98. The number of halogens is 2.